The van der Waals surface area contributed by atoms with Crippen molar-refractivity contribution >= 4 is 41.7 Å². The Morgan fingerprint density at radius 3 is 2.50 bits per heavy atom. The molecule has 2 aliphatic carbocycles. The standard InChI is InChI=1S/C17H25N3S.HI/c18-16(20-14-7-3-1-4-8-14)19-13-17(11-12-17)21-15-9-5-2-6-10-15;/h2,5-6,9-10,14H,1,3-4,7-8,11-13H2,(H3,18,19,20);1H. The fourth-order valence-corrected chi connectivity index (χ4v) is 4.13. The largest absolute Gasteiger partial charge is 0.370 e. The molecular formula is C17H26IN3S. The van der Waals surface area contributed by atoms with Gasteiger partial charge in [-0.3, -0.25) is 4.99 Å². The van der Waals surface area contributed by atoms with Gasteiger partial charge in [-0.2, -0.15) is 0 Å². The Bertz CT molecular complexity index is 482. The lowest BCUT2D eigenvalue weighted by molar-refractivity contribution is 0.412. The molecule has 0 spiro atoms. The number of nitrogens with zero attached hydrogens (tertiary/aromatic N) is 1. The third-order valence-corrected chi connectivity index (χ3v) is 5.86. The van der Waals surface area contributed by atoms with Gasteiger partial charge in [0.05, 0.1) is 6.54 Å². The zero-order chi connectivity index (χ0) is 14.5. The third kappa shape index (κ3) is 5.33. The Labute approximate surface area is 154 Å². The van der Waals surface area contributed by atoms with Crippen molar-refractivity contribution in [1.29, 1.82) is 0 Å². The van der Waals surface area contributed by atoms with E-state index in [1.807, 2.05) is 11.8 Å². The van der Waals surface area contributed by atoms with Crippen molar-refractivity contribution in [2.75, 3.05) is 6.54 Å². The number of nitrogens with two attached hydrogens (primary N) is 1. The number of halogens is 1. The van der Waals surface area contributed by atoms with E-state index < -0.39 is 0 Å². The van der Waals surface area contributed by atoms with Crippen molar-refractivity contribution in [2.24, 2.45) is 10.7 Å². The van der Waals surface area contributed by atoms with Gasteiger partial charge in [0.1, 0.15) is 0 Å². The van der Waals surface area contributed by atoms with Gasteiger partial charge in [0.15, 0.2) is 5.96 Å². The average molecular weight is 431 g/mol. The van der Waals surface area contributed by atoms with E-state index in [0.717, 1.165) is 6.54 Å². The number of guanidine groups is 1. The fraction of sp³-hybridized carbons (Fsp3) is 0.588. The van der Waals surface area contributed by atoms with Gasteiger partial charge in [0.2, 0.25) is 0 Å². The first kappa shape index (κ1) is 17.9. The van der Waals surface area contributed by atoms with Gasteiger partial charge in [-0.25, -0.2) is 0 Å². The molecule has 1 aromatic rings. The molecule has 122 valence electrons. The van der Waals surface area contributed by atoms with Crippen LogP contribution in [0.3, 0.4) is 0 Å². The van der Waals surface area contributed by atoms with E-state index in [-0.39, 0.29) is 24.0 Å². The molecule has 22 heavy (non-hydrogen) atoms. The number of benzene rings is 1. The summed E-state index contributed by atoms with van der Waals surface area (Å²) < 4.78 is 0.292. The summed E-state index contributed by atoms with van der Waals surface area (Å²) in [5.41, 5.74) is 6.06. The van der Waals surface area contributed by atoms with E-state index in [4.69, 9.17) is 5.73 Å². The summed E-state index contributed by atoms with van der Waals surface area (Å²) in [6.07, 6.45) is 8.96. The van der Waals surface area contributed by atoms with Gasteiger partial charge >= 0.3 is 0 Å². The molecule has 0 radical (unpaired) electrons. The number of hydrogen-bond donors (Lipinski definition) is 2. The molecule has 2 aliphatic rings. The second-order valence-corrected chi connectivity index (χ2v) is 7.82. The highest BCUT2D eigenvalue weighted by Crippen LogP contribution is 2.51. The molecule has 0 aromatic heterocycles. The van der Waals surface area contributed by atoms with Crippen molar-refractivity contribution in [3.8, 4) is 0 Å². The molecule has 0 heterocycles. The molecular weight excluding hydrogens is 405 g/mol. The molecule has 0 bridgehead atoms. The van der Waals surface area contributed by atoms with Crippen LogP contribution in [0.25, 0.3) is 0 Å². The van der Waals surface area contributed by atoms with E-state index in [1.54, 1.807) is 0 Å². The molecule has 3 rings (SSSR count). The van der Waals surface area contributed by atoms with Crippen LogP contribution < -0.4 is 11.1 Å². The van der Waals surface area contributed by atoms with E-state index >= 15 is 0 Å². The molecule has 0 saturated heterocycles. The first-order valence-electron chi connectivity index (χ1n) is 8.06. The van der Waals surface area contributed by atoms with Gasteiger partial charge in [-0.15, -0.1) is 35.7 Å². The van der Waals surface area contributed by atoms with Gasteiger partial charge < -0.3 is 11.1 Å². The van der Waals surface area contributed by atoms with Crippen molar-refractivity contribution < 1.29 is 0 Å². The summed E-state index contributed by atoms with van der Waals surface area (Å²) in [5, 5.41) is 3.40. The topological polar surface area (TPSA) is 50.4 Å². The Balaban J connectivity index is 0.00000176. The van der Waals surface area contributed by atoms with Crippen molar-refractivity contribution in [2.45, 2.75) is 60.6 Å². The van der Waals surface area contributed by atoms with E-state index in [0.29, 0.717) is 16.7 Å². The second-order valence-electron chi connectivity index (χ2n) is 6.28. The molecule has 2 fully saturated rings. The molecule has 0 atom stereocenters. The maximum Gasteiger partial charge on any atom is 0.188 e. The van der Waals surface area contributed by atoms with E-state index in [9.17, 15) is 0 Å². The maximum atomic E-state index is 6.06. The molecule has 1 aromatic carbocycles. The van der Waals surface area contributed by atoms with Crippen LogP contribution in [0.5, 0.6) is 0 Å². The Morgan fingerprint density at radius 2 is 1.86 bits per heavy atom. The van der Waals surface area contributed by atoms with E-state index in [1.165, 1.54) is 49.8 Å². The van der Waals surface area contributed by atoms with Crippen LogP contribution in [0.15, 0.2) is 40.2 Å². The van der Waals surface area contributed by atoms with Crippen LogP contribution in [0.4, 0.5) is 0 Å². The fourth-order valence-electron chi connectivity index (χ4n) is 2.90. The van der Waals surface area contributed by atoms with Gasteiger partial charge in [0.25, 0.3) is 0 Å². The summed E-state index contributed by atoms with van der Waals surface area (Å²) in [5.74, 6) is 0.641. The minimum atomic E-state index is 0. The highest BCUT2D eigenvalue weighted by atomic mass is 127. The van der Waals surface area contributed by atoms with Crippen LogP contribution in [0.2, 0.25) is 0 Å². The number of hydrogen-bond acceptors (Lipinski definition) is 2. The minimum absolute atomic E-state index is 0. The normalized spacial score (nSPS) is 21.0. The van der Waals surface area contributed by atoms with Crippen LogP contribution >= 0.6 is 35.7 Å². The minimum Gasteiger partial charge on any atom is -0.370 e. The summed E-state index contributed by atoms with van der Waals surface area (Å²) in [4.78, 5) is 5.95. The first-order chi connectivity index (χ1) is 10.3. The molecule has 3 N–H and O–H groups in total. The summed E-state index contributed by atoms with van der Waals surface area (Å²) in [6.45, 7) is 0.831. The monoisotopic (exact) mass is 431 g/mol. The number of thioether (sulfide) groups is 1. The summed E-state index contributed by atoms with van der Waals surface area (Å²) in [7, 11) is 0. The SMILES string of the molecule is I.NC(=NCC1(Sc2ccccc2)CC1)NC1CCCCC1. The Hall–Kier alpha value is -0.430. The third-order valence-electron chi connectivity index (χ3n) is 4.38. The van der Waals surface area contributed by atoms with Crippen LogP contribution in [-0.4, -0.2) is 23.3 Å². The van der Waals surface area contributed by atoms with Crippen LogP contribution in [-0.2, 0) is 0 Å². The first-order valence-corrected chi connectivity index (χ1v) is 8.88. The van der Waals surface area contributed by atoms with Gasteiger partial charge in [-0.1, -0.05) is 37.5 Å². The Morgan fingerprint density at radius 1 is 1.18 bits per heavy atom. The quantitative estimate of drug-likeness (QED) is 0.418. The second kappa shape index (κ2) is 8.43. The molecule has 2 saturated carbocycles. The lowest BCUT2D eigenvalue weighted by Crippen LogP contribution is -2.41. The smallest absolute Gasteiger partial charge is 0.188 e. The van der Waals surface area contributed by atoms with E-state index in [2.05, 4.69) is 40.6 Å². The van der Waals surface area contributed by atoms with Crippen LogP contribution in [0.1, 0.15) is 44.9 Å². The maximum absolute atomic E-state index is 6.06. The average Bonchev–Trinajstić information content (AvgIpc) is 3.27. The number of aliphatic imine (C=N–C) groups is 1. The number of nitrogens with one attached hydrogen (secondary N) is 1. The summed E-state index contributed by atoms with van der Waals surface area (Å²) >= 11 is 1.95. The predicted octanol–water partition coefficient (Wildman–Crippen LogP) is 4.17. The van der Waals surface area contributed by atoms with Crippen molar-refractivity contribution in [3.63, 3.8) is 0 Å². The lowest BCUT2D eigenvalue weighted by Gasteiger charge is -2.23. The lowest BCUT2D eigenvalue weighted by atomic mass is 9.96. The summed E-state index contributed by atoms with van der Waals surface area (Å²) in [6, 6.07) is 11.2. The highest BCUT2D eigenvalue weighted by Gasteiger charge is 2.43. The molecule has 0 aliphatic heterocycles. The van der Waals surface area contributed by atoms with Gasteiger partial charge in [0, 0.05) is 15.7 Å². The molecule has 0 amide bonds. The number of rotatable bonds is 5. The van der Waals surface area contributed by atoms with Gasteiger partial charge in [-0.05, 0) is 37.8 Å². The molecule has 5 heteroatoms. The zero-order valence-corrected chi connectivity index (χ0v) is 16.1. The van der Waals surface area contributed by atoms with Crippen LogP contribution in [0, 0.1) is 0 Å². The van der Waals surface area contributed by atoms with Crippen molar-refractivity contribution in [3.05, 3.63) is 30.3 Å². The molecule has 0 unspecified atom stereocenters. The predicted molar refractivity (Wildman–Crippen MR) is 106 cm³/mol. The zero-order valence-electron chi connectivity index (χ0n) is 13.0. The molecule has 3 nitrogen and oxygen atoms in total. The van der Waals surface area contributed by atoms with Crippen molar-refractivity contribution in [1.82, 2.24) is 5.32 Å². The Kier molecular flexibility index (Phi) is 6.87. The highest BCUT2D eigenvalue weighted by molar-refractivity contribution is 14.0.